The van der Waals surface area contributed by atoms with Crippen molar-refractivity contribution in [3.63, 3.8) is 0 Å². The van der Waals surface area contributed by atoms with Crippen molar-refractivity contribution < 1.29 is 31.3 Å². The molecule has 0 amide bonds. The summed E-state index contributed by atoms with van der Waals surface area (Å²) < 4.78 is 59.2. The predicted molar refractivity (Wildman–Crippen MR) is 70.2 cm³/mol. The summed E-state index contributed by atoms with van der Waals surface area (Å²) in [7, 11) is -5.85. The minimum absolute atomic E-state index is 0.410. The van der Waals surface area contributed by atoms with Gasteiger partial charge in [-0.25, -0.2) is 4.79 Å². The van der Waals surface area contributed by atoms with Gasteiger partial charge in [-0.3, -0.25) is 4.55 Å². The van der Waals surface area contributed by atoms with E-state index in [1.807, 2.05) is 12.1 Å². The van der Waals surface area contributed by atoms with Crippen molar-refractivity contribution in [1.82, 2.24) is 0 Å². The molecule has 0 radical (unpaired) electrons. The highest BCUT2D eigenvalue weighted by Crippen LogP contribution is 2.23. The van der Waals surface area contributed by atoms with E-state index in [0.29, 0.717) is 5.56 Å². The molecule has 0 spiro atoms. The highest BCUT2D eigenvalue weighted by Gasteiger charge is 2.54. The number of esters is 1. The molecule has 0 saturated heterocycles. The Morgan fingerprint density at radius 3 is 2.38 bits per heavy atom. The van der Waals surface area contributed by atoms with Crippen LogP contribution in [-0.2, 0) is 26.3 Å². The second-order valence-electron chi connectivity index (χ2n) is 4.25. The van der Waals surface area contributed by atoms with Gasteiger partial charge in [0.1, 0.15) is 6.61 Å². The van der Waals surface area contributed by atoms with E-state index >= 15 is 0 Å². The van der Waals surface area contributed by atoms with Gasteiger partial charge in [0.2, 0.25) is 0 Å². The van der Waals surface area contributed by atoms with E-state index in [2.05, 4.69) is 4.74 Å². The Labute approximate surface area is 118 Å². The van der Waals surface area contributed by atoms with Crippen molar-refractivity contribution in [3.05, 3.63) is 48.0 Å². The quantitative estimate of drug-likeness (QED) is 0.692. The molecule has 0 heterocycles. The molecule has 2 aromatic rings. The number of hydrogen-bond donors (Lipinski definition) is 1. The van der Waals surface area contributed by atoms with Crippen molar-refractivity contribution in [2.75, 3.05) is 0 Å². The molecule has 0 saturated carbocycles. The molecule has 5 nitrogen and oxygen atoms in total. The van der Waals surface area contributed by atoms with Gasteiger partial charge in [0.15, 0.2) is 0 Å². The maximum absolute atomic E-state index is 13.0. The van der Waals surface area contributed by atoms with Crippen LogP contribution in [0.3, 0.4) is 0 Å². The van der Waals surface area contributed by atoms with Gasteiger partial charge >= 0.3 is 21.3 Å². The fourth-order valence-corrected chi connectivity index (χ4v) is 1.94. The lowest BCUT2D eigenvalue weighted by Gasteiger charge is -2.12. The molecule has 0 atom stereocenters. The van der Waals surface area contributed by atoms with Crippen molar-refractivity contribution >= 4 is 26.9 Å². The van der Waals surface area contributed by atoms with Gasteiger partial charge in [-0.15, -0.1) is 0 Å². The number of benzene rings is 2. The molecule has 0 aromatic heterocycles. The van der Waals surface area contributed by atoms with E-state index < -0.39 is 27.9 Å². The highest BCUT2D eigenvalue weighted by molar-refractivity contribution is 7.87. The number of fused-ring (bicyclic) bond motifs is 1. The number of ether oxygens (including phenoxy) is 1. The van der Waals surface area contributed by atoms with Crippen LogP contribution in [0.5, 0.6) is 0 Å². The third-order valence-electron chi connectivity index (χ3n) is 2.75. The number of carbonyl (C=O) groups is 1. The van der Waals surface area contributed by atoms with Crippen molar-refractivity contribution in [3.8, 4) is 0 Å². The summed E-state index contributed by atoms with van der Waals surface area (Å²) in [6.45, 7) is -0.533. The maximum atomic E-state index is 13.0. The zero-order valence-corrected chi connectivity index (χ0v) is 11.3. The zero-order valence-electron chi connectivity index (χ0n) is 10.5. The summed E-state index contributed by atoms with van der Waals surface area (Å²) in [6.07, 6.45) is 0. The first-order valence-corrected chi connectivity index (χ1v) is 7.15. The van der Waals surface area contributed by atoms with Crippen molar-refractivity contribution in [1.29, 1.82) is 0 Å². The predicted octanol–water partition coefficient (Wildman–Crippen LogP) is 2.36. The molecule has 2 aromatic carbocycles. The number of rotatable bonds is 4. The number of halogens is 2. The standard InChI is InChI=1S/C13H10F2O5S/c14-13(15,21(17,18)19)12(16)20-8-9-5-6-10-3-1-2-4-11(10)7-9/h1-7H,8H2,(H,17,18,19). The van der Waals surface area contributed by atoms with E-state index in [0.717, 1.165) is 10.8 Å². The molecule has 8 heteroatoms. The Morgan fingerprint density at radius 2 is 1.76 bits per heavy atom. The molecule has 0 unspecified atom stereocenters. The molecule has 0 aliphatic rings. The normalized spacial score (nSPS) is 12.3. The van der Waals surface area contributed by atoms with Crippen LogP contribution >= 0.6 is 0 Å². The van der Waals surface area contributed by atoms with Crippen LogP contribution in [0.2, 0.25) is 0 Å². The Balaban J connectivity index is 2.13. The zero-order chi connectivity index (χ0) is 15.7. The summed E-state index contributed by atoms with van der Waals surface area (Å²) in [6, 6.07) is 12.1. The summed E-state index contributed by atoms with van der Waals surface area (Å²) >= 11 is 0. The Kier molecular flexibility index (Phi) is 3.93. The van der Waals surface area contributed by atoms with E-state index in [1.165, 1.54) is 0 Å². The highest BCUT2D eigenvalue weighted by atomic mass is 32.2. The first-order chi connectivity index (χ1) is 9.72. The first-order valence-electron chi connectivity index (χ1n) is 5.71. The van der Waals surface area contributed by atoms with E-state index in [9.17, 15) is 22.0 Å². The van der Waals surface area contributed by atoms with Gasteiger partial charge in [-0.2, -0.15) is 17.2 Å². The smallest absolute Gasteiger partial charge is 0.455 e. The van der Waals surface area contributed by atoms with Crippen LogP contribution in [0, 0.1) is 0 Å². The van der Waals surface area contributed by atoms with Gasteiger partial charge in [0, 0.05) is 0 Å². The van der Waals surface area contributed by atoms with Crippen LogP contribution in [0.1, 0.15) is 5.56 Å². The van der Waals surface area contributed by atoms with Crippen LogP contribution in [0.15, 0.2) is 42.5 Å². The van der Waals surface area contributed by atoms with Crippen LogP contribution in [0.4, 0.5) is 8.78 Å². The monoisotopic (exact) mass is 316 g/mol. The van der Waals surface area contributed by atoms with Crippen molar-refractivity contribution in [2.45, 2.75) is 11.9 Å². The maximum Gasteiger partial charge on any atom is 0.465 e. The average molecular weight is 316 g/mol. The summed E-state index contributed by atoms with van der Waals surface area (Å²) in [4.78, 5) is 11.0. The molecule has 0 aliphatic heterocycles. The second kappa shape index (κ2) is 5.38. The topological polar surface area (TPSA) is 80.7 Å². The minimum Gasteiger partial charge on any atom is -0.455 e. The van der Waals surface area contributed by atoms with Crippen LogP contribution in [0.25, 0.3) is 10.8 Å². The van der Waals surface area contributed by atoms with E-state index in [4.69, 9.17) is 4.55 Å². The molecule has 1 N–H and O–H groups in total. The van der Waals surface area contributed by atoms with Gasteiger partial charge in [-0.1, -0.05) is 36.4 Å². The van der Waals surface area contributed by atoms with Gasteiger partial charge < -0.3 is 4.74 Å². The van der Waals surface area contributed by atoms with Gasteiger partial charge in [0.05, 0.1) is 0 Å². The van der Waals surface area contributed by atoms with E-state index in [1.54, 1.807) is 30.3 Å². The summed E-state index contributed by atoms with van der Waals surface area (Å²) in [5.41, 5.74) is 0.410. The minimum atomic E-state index is -5.85. The Morgan fingerprint density at radius 1 is 1.14 bits per heavy atom. The average Bonchev–Trinajstić information content (AvgIpc) is 2.43. The molecule has 112 valence electrons. The molecule has 0 aliphatic carbocycles. The van der Waals surface area contributed by atoms with Crippen LogP contribution < -0.4 is 0 Å². The number of carbonyl (C=O) groups excluding carboxylic acids is 1. The first kappa shape index (κ1) is 15.3. The Bertz CT molecular complexity index is 786. The Hall–Kier alpha value is -2.06. The van der Waals surface area contributed by atoms with Gasteiger partial charge in [0.25, 0.3) is 0 Å². The SMILES string of the molecule is O=C(OCc1ccc2ccccc2c1)C(F)(F)S(=O)(=O)O. The third-order valence-corrected chi connectivity index (χ3v) is 3.56. The lowest BCUT2D eigenvalue weighted by atomic mass is 10.1. The van der Waals surface area contributed by atoms with E-state index in [-0.39, 0.29) is 0 Å². The lowest BCUT2D eigenvalue weighted by molar-refractivity contribution is -0.162. The molecule has 21 heavy (non-hydrogen) atoms. The van der Waals surface area contributed by atoms with Gasteiger partial charge in [-0.05, 0) is 22.4 Å². The molecule has 0 bridgehead atoms. The lowest BCUT2D eigenvalue weighted by Crippen LogP contribution is -2.38. The molecular weight excluding hydrogens is 306 g/mol. The largest absolute Gasteiger partial charge is 0.465 e. The molecular formula is C13H10F2O5S. The summed E-state index contributed by atoms with van der Waals surface area (Å²) in [5.74, 6) is -2.32. The second-order valence-corrected chi connectivity index (χ2v) is 5.71. The third kappa shape index (κ3) is 3.17. The van der Waals surface area contributed by atoms with Crippen molar-refractivity contribution in [2.24, 2.45) is 0 Å². The molecule has 0 fully saturated rings. The fourth-order valence-electron chi connectivity index (χ4n) is 1.67. The summed E-state index contributed by atoms with van der Waals surface area (Å²) in [5, 5.41) is -3.26. The number of alkyl halides is 2. The molecule has 2 rings (SSSR count). The number of hydrogen-bond acceptors (Lipinski definition) is 4. The van der Waals surface area contributed by atoms with Crippen LogP contribution in [-0.4, -0.2) is 24.2 Å². The fraction of sp³-hybridized carbons (Fsp3) is 0.154.